The fraction of sp³-hybridized carbons (Fsp3) is 0.400. The lowest BCUT2D eigenvalue weighted by Gasteiger charge is -2.10. The SMILES string of the molecule is CC(C)COCCOc1ccc(/C=C/C(=O)O)cc1Cl. The first-order valence-corrected chi connectivity index (χ1v) is 6.78. The molecule has 0 fully saturated rings. The van der Waals surface area contributed by atoms with E-state index in [0.717, 1.165) is 6.08 Å². The molecule has 0 aromatic heterocycles. The first-order valence-electron chi connectivity index (χ1n) is 6.40. The summed E-state index contributed by atoms with van der Waals surface area (Å²) in [5.74, 6) is 0.0648. The van der Waals surface area contributed by atoms with Crippen LogP contribution in [0.5, 0.6) is 5.75 Å². The van der Waals surface area contributed by atoms with Crippen molar-refractivity contribution in [1.29, 1.82) is 0 Å². The van der Waals surface area contributed by atoms with Crippen LogP contribution in [-0.4, -0.2) is 30.9 Å². The maximum atomic E-state index is 10.4. The molecular weight excluding hydrogens is 280 g/mol. The van der Waals surface area contributed by atoms with Gasteiger partial charge in [-0.05, 0) is 29.7 Å². The number of halogens is 1. The third kappa shape index (κ3) is 6.59. The number of rotatable bonds is 8. The van der Waals surface area contributed by atoms with E-state index < -0.39 is 5.97 Å². The van der Waals surface area contributed by atoms with Crippen LogP contribution < -0.4 is 4.74 Å². The highest BCUT2D eigenvalue weighted by Gasteiger charge is 2.02. The van der Waals surface area contributed by atoms with E-state index >= 15 is 0 Å². The average molecular weight is 299 g/mol. The Labute approximate surface area is 124 Å². The van der Waals surface area contributed by atoms with Crippen molar-refractivity contribution in [2.75, 3.05) is 19.8 Å². The molecule has 20 heavy (non-hydrogen) atoms. The van der Waals surface area contributed by atoms with Crippen molar-refractivity contribution >= 4 is 23.6 Å². The number of carboxylic acid groups (broad SMARTS) is 1. The second-order valence-corrected chi connectivity index (χ2v) is 5.09. The highest BCUT2D eigenvalue weighted by Crippen LogP contribution is 2.25. The molecule has 0 heterocycles. The summed E-state index contributed by atoms with van der Waals surface area (Å²) < 4.78 is 10.9. The number of carbonyl (C=O) groups is 1. The lowest BCUT2D eigenvalue weighted by atomic mass is 10.2. The topological polar surface area (TPSA) is 55.8 Å². The van der Waals surface area contributed by atoms with Gasteiger partial charge in [-0.15, -0.1) is 0 Å². The van der Waals surface area contributed by atoms with Crippen molar-refractivity contribution in [2.24, 2.45) is 5.92 Å². The van der Waals surface area contributed by atoms with E-state index in [1.807, 2.05) is 0 Å². The van der Waals surface area contributed by atoms with E-state index in [1.54, 1.807) is 18.2 Å². The molecule has 0 atom stereocenters. The van der Waals surface area contributed by atoms with E-state index in [9.17, 15) is 4.79 Å². The summed E-state index contributed by atoms with van der Waals surface area (Å²) in [5.41, 5.74) is 0.709. The lowest BCUT2D eigenvalue weighted by molar-refractivity contribution is -0.131. The van der Waals surface area contributed by atoms with Gasteiger partial charge >= 0.3 is 5.97 Å². The van der Waals surface area contributed by atoms with Crippen molar-refractivity contribution in [2.45, 2.75) is 13.8 Å². The van der Waals surface area contributed by atoms with Crippen LogP contribution in [0.1, 0.15) is 19.4 Å². The first kappa shape index (κ1) is 16.5. The summed E-state index contributed by atoms with van der Waals surface area (Å²) in [6.45, 7) is 5.81. The van der Waals surface area contributed by atoms with Gasteiger partial charge in [0, 0.05) is 12.7 Å². The summed E-state index contributed by atoms with van der Waals surface area (Å²) in [7, 11) is 0. The summed E-state index contributed by atoms with van der Waals surface area (Å²) in [6.07, 6.45) is 2.54. The molecule has 0 saturated heterocycles. The summed E-state index contributed by atoms with van der Waals surface area (Å²) >= 11 is 6.06. The molecule has 0 aliphatic rings. The van der Waals surface area contributed by atoms with Gasteiger partial charge in [0.25, 0.3) is 0 Å². The zero-order valence-corrected chi connectivity index (χ0v) is 12.4. The molecule has 0 amide bonds. The van der Waals surface area contributed by atoms with Gasteiger partial charge in [-0.3, -0.25) is 0 Å². The maximum Gasteiger partial charge on any atom is 0.328 e. The minimum atomic E-state index is -0.997. The molecule has 4 nitrogen and oxygen atoms in total. The van der Waals surface area contributed by atoms with Crippen molar-refractivity contribution in [1.82, 2.24) is 0 Å². The van der Waals surface area contributed by atoms with Crippen LogP contribution in [0.3, 0.4) is 0 Å². The molecule has 0 bridgehead atoms. The Balaban J connectivity index is 2.45. The van der Waals surface area contributed by atoms with E-state index in [4.69, 9.17) is 26.2 Å². The summed E-state index contributed by atoms with van der Waals surface area (Å²) in [4.78, 5) is 10.4. The minimum absolute atomic E-state index is 0.427. The Kier molecular flexibility index (Phi) is 7.12. The van der Waals surface area contributed by atoms with Crippen molar-refractivity contribution in [3.8, 4) is 5.75 Å². The van der Waals surface area contributed by atoms with Gasteiger partial charge in [-0.2, -0.15) is 0 Å². The maximum absolute atomic E-state index is 10.4. The number of aliphatic carboxylic acids is 1. The molecular formula is C15H19ClO4. The standard InChI is InChI=1S/C15H19ClO4/c1-11(2)10-19-7-8-20-14-5-3-12(9-13(14)16)4-6-15(17)18/h3-6,9,11H,7-8,10H2,1-2H3,(H,17,18)/b6-4+. The molecule has 1 aromatic carbocycles. The van der Waals surface area contributed by atoms with Gasteiger partial charge in [0.15, 0.2) is 0 Å². The zero-order chi connectivity index (χ0) is 15.0. The predicted molar refractivity (Wildman–Crippen MR) is 79.3 cm³/mol. The molecule has 1 aromatic rings. The fourth-order valence-corrected chi connectivity index (χ4v) is 1.68. The Bertz CT molecular complexity index is 469. The molecule has 0 aliphatic heterocycles. The van der Waals surface area contributed by atoms with Crippen molar-refractivity contribution < 1.29 is 19.4 Å². The van der Waals surface area contributed by atoms with Crippen LogP contribution in [0.4, 0.5) is 0 Å². The van der Waals surface area contributed by atoms with Crippen LogP contribution in [-0.2, 0) is 9.53 Å². The predicted octanol–water partition coefficient (Wildman–Crippen LogP) is 3.49. The van der Waals surface area contributed by atoms with Crippen LogP contribution >= 0.6 is 11.6 Å². The molecule has 110 valence electrons. The smallest absolute Gasteiger partial charge is 0.328 e. The van der Waals surface area contributed by atoms with Crippen LogP contribution in [0, 0.1) is 5.92 Å². The molecule has 0 spiro atoms. The molecule has 0 unspecified atom stereocenters. The number of ether oxygens (including phenoxy) is 2. The van der Waals surface area contributed by atoms with Gasteiger partial charge in [-0.25, -0.2) is 4.79 Å². The van der Waals surface area contributed by atoms with Crippen molar-refractivity contribution in [3.05, 3.63) is 34.9 Å². The number of carboxylic acids is 1. The van der Waals surface area contributed by atoms with Gasteiger partial charge in [-0.1, -0.05) is 31.5 Å². The zero-order valence-electron chi connectivity index (χ0n) is 11.6. The van der Waals surface area contributed by atoms with Gasteiger partial charge in [0.2, 0.25) is 0 Å². The lowest BCUT2D eigenvalue weighted by Crippen LogP contribution is -2.10. The summed E-state index contributed by atoms with van der Waals surface area (Å²) in [6, 6.07) is 5.12. The second kappa shape index (κ2) is 8.61. The van der Waals surface area contributed by atoms with Gasteiger partial charge in [0.1, 0.15) is 12.4 Å². The van der Waals surface area contributed by atoms with Crippen LogP contribution in [0.25, 0.3) is 6.08 Å². The molecule has 0 aliphatic carbocycles. The second-order valence-electron chi connectivity index (χ2n) is 4.68. The molecule has 0 saturated carbocycles. The normalized spacial score (nSPS) is 11.2. The monoisotopic (exact) mass is 298 g/mol. The summed E-state index contributed by atoms with van der Waals surface area (Å²) in [5, 5.41) is 8.99. The van der Waals surface area contributed by atoms with E-state index in [2.05, 4.69) is 13.8 Å². The molecule has 1 N–H and O–H groups in total. The van der Waals surface area contributed by atoms with Crippen LogP contribution in [0.2, 0.25) is 5.02 Å². The Morgan fingerprint density at radius 3 is 2.75 bits per heavy atom. The average Bonchev–Trinajstić information content (AvgIpc) is 2.37. The van der Waals surface area contributed by atoms with E-state index in [1.165, 1.54) is 6.08 Å². The first-order chi connectivity index (χ1) is 9.49. The quantitative estimate of drug-likeness (QED) is 0.589. The Morgan fingerprint density at radius 2 is 2.15 bits per heavy atom. The number of benzene rings is 1. The molecule has 5 heteroatoms. The van der Waals surface area contributed by atoms with Crippen LogP contribution in [0.15, 0.2) is 24.3 Å². The largest absolute Gasteiger partial charge is 0.490 e. The third-order valence-corrected chi connectivity index (χ3v) is 2.61. The highest BCUT2D eigenvalue weighted by molar-refractivity contribution is 6.32. The van der Waals surface area contributed by atoms with Gasteiger partial charge in [0.05, 0.1) is 11.6 Å². The minimum Gasteiger partial charge on any atom is -0.490 e. The number of hydrogen-bond donors (Lipinski definition) is 1. The molecule has 0 radical (unpaired) electrons. The van der Waals surface area contributed by atoms with E-state index in [-0.39, 0.29) is 0 Å². The van der Waals surface area contributed by atoms with Gasteiger partial charge < -0.3 is 14.6 Å². The Morgan fingerprint density at radius 1 is 1.40 bits per heavy atom. The van der Waals surface area contributed by atoms with Crippen molar-refractivity contribution in [3.63, 3.8) is 0 Å². The number of hydrogen-bond acceptors (Lipinski definition) is 3. The fourth-order valence-electron chi connectivity index (χ4n) is 1.43. The highest BCUT2D eigenvalue weighted by atomic mass is 35.5. The Hall–Kier alpha value is -1.52. The van der Waals surface area contributed by atoms with E-state index in [0.29, 0.717) is 42.1 Å². The third-order valence-electron chi connectivity index (χ3n) is 2.31. The molecule has 1 rings (SSSR count).